The van der Waals surface area contributed by atoms with E-state index in [0.717, 1.165) is 0 Å². The third-order valence-electron chi connectivity index (χ3n) is 0. The van der Waals surface area contributed by atoms with E-state index < -0.39 is 0 Å². The van der Waals surface area contributed by atoms with Gasteiger partial charge in [0.05, 0.1) is 0 Å². The molecule has 1 radical (unpaired) electrons. The van der Waals surface area contributed by atoms with Crippen LogP contribution in [0.5, 0.6) is 0 Å². The molecule has 0 unspecified atom stereocenters. The second-order valence-electron chi connectivity index (χ2n) is 0. The normalized spacial score (nSPS) is 0. The minimum atomic E-state index is 0. The molecule has 0 aliphatic carbocycles. The standard InChI is InChI=1S/Al.Cr.H2O.Y.3H/h;;1H2;;;;. The molecule has 0 amide bonds. The van der Waals surface area contributed by atoms with Crippen LogP contribution in [-0.4, -0.2) is 22.8 Å². The molecule has 0 atom stereocenters. The molecule has 23 valence electrons. The van der Waals surface area contributed by atoms with Gasteiger partial charge in [0.2, 0.25) is 0 Å². The van der Waals surface area contributed by atoms with Gasteiger partial charge in [0.25, 0.3) is 0 Å². The van der Waals surface area contributed by atoms with E-state index >= 15 is 0 Å². The van der Waals surface area contributed by atoms with Gasteiger partial charge in [-0.3, -0.25) is 0 Å². The smallest absolute Gasteiger partial charge is 0.187 e. The van der Waals surface area contributed by atoms with Crippen LogP contribution >= 0.6 is 0 Å². The van der Waals surface area contributed by atoms with Gasteiger partial charge in [-0.2, -0.15) is 0 Å². The predicted molar refractivity (Wildman–Crippen MR) is 13.6 cm³/mol. The molecule has 0 aromatic rings. The molecule has 4 heteroatoms. The molecule has 0 saturated carbocycles. The van der Waals surface area contributed by atoms with E-state index in [1.54, 1.807) is 0 Å². The van der Waals surface area contributed by atoms with Gasteiger partial charge in [-0.05, 0) is 0 Å². The first-order chi connectivity index (χ1) is 0. The van der Waals surface area contributed by atoms with Crippen LogP contribution in [0.4, 0.5) is 0 Å². The van der Waals surface area contributed by atoms with Gasteiger partial charge in [-0.15, -0.1) is 0 Å². The summed E-state index contributed by atoms with van der Waals surface area (Å²) in [4.78, 5) is 0. The van der Waals surface area contributed by atoms with Crippen molar-refractivity contribution >= 4 is 17.4 Å². The summed E-state index contributed by atoms with van der Waals surface area (Å²) in [7, 11) is 0. The van der Waals surface area contributed by atoms with Gasteiger partial charge in [-0.25, -0.2) is 0 Å². The fraction of sp³-hybridized carbons (Fsp3) is 0. The zero-order valence-electron chi connectivity index (χ0n) is 1.49. The molecular weight excluding hydrogens is 184 g/mol. The molecule has 0 spiro atoms. The van der Waals surface area contributed by atoms with Crippen molar-refractivity contribution in [2.75, 3.05) is 0 Å². The largest absolute Gasteiger partial charge is 0.412 e. The van der Waals surface area contributed by atoms with E-state index in [1.165, 1.54) is 0 Å². The second kappa shape index (κ2) is 19.3. The molecule has 0 aromatic carbocycles. The number of hydrogen-bond acceptors (Lipinski definition) is 0. The maximum Gasteiger partial charge on any atom is 0.187 e. The molecule has 4 heavy (non-hydrogen) atoms. The zero-order chi connectivity index (χ0) is 0. The Kier molecular flexibility index (Phi) is 172. The van der Waals surface area contributed by atoms with E-state index in [9.17, 15) is 0 Å². The summed E-state index contributed by atoms with van der Waals surface area (Å²) < 4.78 is 0. The first-order valence-corrected chi connectivity index (χ1v) is 0. The molecular formula is H5AlCrOY. The Morgan fingerprint density at radius 1 is 1.00 bits per heavy atom. The van der Waals surface area contributed by atoms with Gasteiger partial charge in [0, 0.05) is 50.1 Å². The van der Waals surface area contributed by atoms with Crippen molar-refractivity contribution in [1.82, 2.24) is 0 Å². The first kappa shape index (κ1) is 35.6. The molecule has 0 aromatic heterocycles. The number of rotatable bonds is 0. The van der Waals surface area contributed by atoms with Crippen molar-refractivity contribution in [3.05, 3.63) is 0 Å². The van der Waals surface area contributed by atoms with Gasteiger partial charge in [0.1, 0.15) is 0 Å². The van der Waals surface area contributed by atoms with Crippen molar-refractivity contribution < 1.29 is 55.5 Å². The Hall–Kier alpha value is 2.13. The Bertz CT molecular complexity index is 8.00. The summed E-state index contributed by atoms with van der Waals surface area (Å²) in [6.07, 6.45) is 0. The van der Waals surface area contributed by atoms with Crippen LogP contribution < -0.4 is 0 Å². The molecule has 0 bridgehead atoms. The average molecular weight is 189 g/mol. The van der Waals surface area contributed by atoms with Crippen LogP contribution in [-0.2, 0) is 50.1 Å². The monoisotopic (exact) mass is 189 g/mol. The predicted octanol–water partition coefficient (Wildman–Crippen LogP) is -2.01. The summed E-state index contributed by atoms with van der Waals surface area (Å²) in [5.41, 5.74) is 0. The van der Waals surface area contributed by atoms with Crippen LogP contribution in [0.2, 0.25) is 0 Å². The molecule has 0 rings (SSSR count). The SMILES string of the molecule is O.[AlH3].[Cr].[Y]. The van der Waals surface area contributed by atoms with Crippen LogP contribution in [0.1, 0.15) is 0 Å². The zero-order valence-corrected chi connectivity index (χ0v) is 5.60. The molecule has 0 heterocycles. The Balaban J connectivity index is 0. The Morgan fingerprint density at radius 3 is 1.00 bits per heavy atom. The maximum absolute atomic E-state index is 0. The summed E-state index contributed by atoms with van der Waals surface area (Å²) >= 11 is 0. The molecule has 1 nitrogen and oxygen atoms in total. The molecule has 0 aliphatic heterocycles. The Morgan fingerprint density at radius 2 is 1.00 bits per heavy atom. The molecule has 0 saturated heterocycles. The summed E-state index contributed by atoms with van der Waals surface area (Å²) in [5, 5.41) is 0. The van der Waals surface area contributed by atoms with Gasteiger partial charge < -0.3 is 5.48 Å². The van der Waals surface area contributed by atoms with Crippen LogP contribution in [0.15, 0.2) is 0 Å². The summed E-state index contributed by atoms with van der Waals surface area (Å²) in [5.74, 6) is 0. The quantitative estimate of drug-likeness (QED) is 0.394. The third kappa shape index (κ3) is 8.92. The Labute approximate surface area is 72.0 Å². The van der Waals surface area contributed by atoms with Crippen LogP contribution in [0.25, 0.3) is 0 Å². The van der Waals surface area contributed by atoms with Crippen molar-refractivity contribution in [2.45, 2.75) is 0 Å². The van der Waals surface area contributed by atoms with Crippen molar-refractivity contribution in [3.8, 4) is 0 Å². The van der Waals surface area contributed by atoms with Crippen LogP contribution in [0.3, 0.4) is 0 Å². The van der Waals surface area contributed by atoms with E-state index in [2.05, 4.69) is 0 Å². The van der Waals surface area contributed by atoms with Crippen molar-refractivity contribution in [1.29, 1.82) is 0 Å². The van der Waals surface area contributed by atoms with E-state index in [0.29, 0.717) is 0 Å². The van der Waals surface area contributed by atoms with Gasteiger partial charge in [0.15, 0.2) is 17.4 Å². The van der Waals surface area contributed by atoms with Crippen molar-refractivity contribution in [2.24, 2.45) is 0 Å². The van der Waals surface area contributed by atoms with Gasteiger partial charge >= 0.3 is 0 Å². The second-order valence-corrected chi connectivity index (χ2v) is 0. The average Bonchev–Trinajstić information content (AvgIpc) is 0. The minimum absolute atomic E-state index is 0. The fourth-order valence-electron chi connectivity index (χ4n) is 0. The molecule has 2 N–H and O–H groups in total. The van der Waals surface area contributed by atoms with E-state index in [4.69, 9.17) is 0 Å². The molecule has 0 aliphatic rings. The summed E-state index contributed by atoms with van der Waals surface area (Å²) in [6.45, 7) is 0. The topological polar surface area (TPSA) is 31.5 Å². The maximum atomic E-state index is 0. The van der Waals surface area contributed by atoms with Crippen molar-refractivity contribution in [3.63, 3.8) is 0 Å². The van der Waals surface area contributed by atoms with Crippen LogP contribution in [0, 0.1) is 0 Å². The van der Waals surface area contributed by atoms with E-state index in [1.807, 2.05) is 0 Å². The van der Waals surface area contributed by atoms with Gasteiger partial charge in [-0.1, -0.05) is 0 Å². The third-order valence-corrected chi connectivity index (χ3v) is 0. The van der Waals surface area contributed by atoms with E-state index in [-0.39, 0.29) is 72.9 Å². The first-order valence-electron chi connectivity index (χ1n) is 0. The number of hydrogen-bond donors (Lipinski definition) is 0. The summed E-state index contributed by atoms with van der Waals surface area (Å²) in [6, 6.07) is 0. The molecule has 0 fully saturated rings. The minimum Gasteiger partial charge on any atom is -0.412 e. The fourth-order valence-corrected chi connectivity index (χ4v) is 0.